The molecule has 3 aromatic rings. The number of halogens is 1. The highest BCUT2D eigenvalue weighted by Crippen LogP contribution is 2.50. The first-order valence-electron chi connectivity index (χ1n) is 11.0. The fourth-order valence-corrected chi connectivity index (χ4v) is 5.45. The molecule has 1 spiro atoms. The molecule has 0 amide bonds. The lowest BCUT2D eigenvalue weighted by Gasteiger charge is -2.42. The number of nitrogen functional groups attached to an aromatic ring is 1. The largest absolute Gasteiger partial charge is 0.381 e. The molecule has 0 bridgehead atoms. The highest BCUT2D eigenvalue weighted by atomic mass is 19.1. The number of rotatable bonds is 2. The number of hydrogen-bond donors (Lipinski definition) is 2. The maximum atomic E-state index is 14.5. The topological polar surface area (TPSA) is 106 Å². The molecule has 3 aliphatic rings. The molecule has 170 valence electrons. The number of nitrogens with two attached hydrogens (primary N) is 2. The first-order chi connectivity index (χ1) is 15.6. The lowest BCUT2D eigenvalue weighted by atomic mass is 9.73. The summed E-state index contributed by atoms with van der Waals surface area (Å²) in [5.41, 5.74) is 17.3. The Morgan fingerprint density at radius 2 is 1.88 bits per heavy atom. The molecule has 6 rings (SSSR count). The van der Waals surface area contributed by atoms with Gasteiger partial charge in [-0.05, 0) is 41.9 Å². The number of piperidine rings is 1. The monoisotopic (exact) mass is 445 g/mol. The second kappa shape index (κ2) is 7.88. The van der Waals surface area contributed by atoms with E-state index in [-0.39, 0.29) is 24.7 Å². The molecule has 2 aromatic heterocycles. The van der Waals surface area contributed by atoms with E-state index >= 15 is 0 Å². The van der Waals surface area contributed by atoms with Crippen LogP contribution in [0.1, 0.15) is 54.4 Å². The van der Waals surface area contributed by atoms with E-state index in [9.17, 15) is 4.39 Å². The van der Waals surface area contributed by atoms with Crippen molar-refractivity contribution in [1.82, 2.24) is 15.0 Å². The van der Waals surface area contributed by atoms with Crippen LogP contribution in [0.4, 0.5) is 16.0 Å². The lowest BCUT2D eigenvalue weighted by Crippen LogP contribution is -2.44. The van der Waals surface area contributed by atoms with Gasteiger partial charge in [0, 0.05) is 30.9 Å². The van der Waals surface area contributed by atoms with E-state index in [0.717, 1.165) is 43.9 Å². The van der Waals surface area contributed by atoms with Crippen LogP contribution in [-0.2, 0) is 13.0 Å². The molecule has 4 heterocycles. The van der Waals surface area contributed by atoms with E-state index in [4.69, 9.17) is 16.5 Å². The highest BCUT2D eigenvalue weighted by Gasteiger charge is 2.46. The third kappa shape index (κ3) is 3.28. The summed E-state index contributed by atoms with van der Waals surface area (Å²) in [6.07, 6.45) is 6.33. The summed E-state index contributed by atoms with van der Waals surface area (Å²) < 4.78 is 14.5. The van der Waals surface area contributed by atoms with Crippen molar-refractivity contribution >= 4 is 17.3 Å². The first kappa shape index (κ1) is 21.5. The van der Waals surface area contributed by atoms with Crippen molar-refractivity contribution in [1.29, 1.82) is 0 Å². The molecule has 0 unspecified atom stereocenters. The molecule has 4 N–H and O–H groups in total. The normalized spacial score (nSPS) is 20.2. The van der Waals surface area contributed by atoms with Gasteiger partial charge in [0.2, 0.25) is 0 Å². The minimum Gasteiger partial charge on any atom is -0.381 e. The number of hydrogen-bond acceptors (Lipinski definition) is 7. The van der Waals surface area contributed by atoms with Crippen LogP contribution in [0.2, 0.25) is 0 Å². The second-order valence-electron chi connectivity index (χ2n) is 8.95. The Morgan fingerprint density at radius 3 is 2.67 bits per heavy atom. The van der Waals surface area contributed by atoms with E-state index in [2.05, 4.69) is 44.1 Å². The summed E-state index contributed by atoms with van der Waals surface area (Å²) >= 11 is 0. The van der Waals surface area contributed by atoms with Gasteiger partial charge in [-0.15, -0.1) is 0 Å². The van der Waals surface area contributed by atoms with Gasteiger partial charge >= 0.3 is 0 Å². The predicted octanol–water partition coefficient (Wildman–Crippen LogP) is 3.42. The average molecular weight is 446 g/mol. The summed E-state index contributed by atoms with van der Waals surface area (Å²) in [4.78, 5) is 20.0. The Bertz CT molecular complexity index is 1250. The summed E-state index contributed by atoms with van der Waals surface area (Å²) in [7, 11) is 0. The van der Waals surface area contributed by atoms with Crippen molar-refractivity contribution in [2.75, 3.05) is 23.7 Å². The van der Waals surface area contributed by atoms with E-state index < -0.39 is 5.82 Å². The van der Waals surface area contributed by atoms with E-state index in [1.807, 2.05) is 0 Å². The van der Waals surface area contributed by atoms with Gasteiger partial charge in [0.05, 0.1) is 24.1 Å². The number of pyridine rings is 1. The number of aromatic nitrogens is 3. The molecule has 0 radical (unpaired) electrons. The van der Waals surface area contributed by atoms with Gasteiger partial charge in [-0.25, -0.2) is 19.3 Å². The third-order valence-electron chi connectivity index (χ3n) is 7.29. The summed E-state index contributed by atoms with van der Waals surface area (Å²) in [5.74, 6) is 0.131. The zero-order valence-electron chi connectivity index (χ0n) is 17.6. The minimum absolute atomic E-state index is 0. The smallest absolute Gasteiger partial charge is 0.174 e. The van der Waals surface area contributed by atoms with Crippen LogP contribution in [-0.4, -0.2) is 33.8 Å². The molecule has 0 saturated carbocycles. The maximum absolute atomic E-state index is 14.5. The quantitative estimate of drug-likeness (QED) is 0.626. The first-order valence-corrected chi connectivity index (χ1v) is 11.0. The van der Waals surface area contributed by atoms with Crippen LogP contribution in [0.25, 0.3) is 0 Å². The predicted molar refractivity (Wildman–Crippen MR) is 128 cm³/mol. The van der Waals surface area contributed by atoms with Crippen LogP contribution in [0.3, 0.4) is 0 Å². The van der Waals surface area contributed by atoms with E-state index in [0.29, 0.717) is 23.5 Å². The van der Waals surface area contributed by atoms with Crippen molar-refractivity contribution in [3.63, 3.8) is 0 Å². The standard InChI is InChI=1S/C24H24FN7.CH4/c25-19-16(5-8-28-23(19)27)20-21-17(12-29-20)31-18(13-30-21)32-9-6-24(7-10-32)11-14-3-1-2-4-15(14)22(24)26;/h1-5,8,13,22H,6-7,9-12,26H2,(H2,27,28);1H4/t22-;/m0./s1. The SMILES string of the molecule is C.Nc1nccc(C2=NCc3nc(N4CCC5(CC4)Cc4ccccc4[C@@H]5N)cnc32)c1F. The summed E-state index contributed by atoms with van der Waals surface area (Å²) in [6, 6.07) is 10.2. The van der Waals surface area contributed by atoms with Crippen LogP contribution >= 0.6 is 0 Å². The van der Waals surface area contributed by atoms with Gasteiger partial charge in [-0.2, -0.15) is 0 Å². The lowest BCUT2D eigenvalue weighted by molar-refractivity contribution is 0.187. The Balaban J connectivity index is 0.00000228. The van der Waals surface area contributed by atoms with Gasteiger partial charge in [0.25, 0.3) is 0 Å². The Hall–Kier alpha value is -3.39. The fourth-order valence-electron chi connectivity index (χ4n) is 5.45. The number of aliphatic imine (C=N–C) groups is 1. The Morgan fingerprint density at radius 1 is 1.09 bits per heavy atom. The van der Waals surface area contributed by atoms with Crippen molar-refractivity contribution < 1.29 is 4.39 Å². The van der Waals surface area contributed by atoms with E-state index in [1.165, 1.54) is 17.3 Å². The van der Waals surface area contributed by atoms with Crippen LogP contribution in [0.15, 0.2) is 47.7 Å². The molecule has 7 nitrogen and oxygen atoms in total. The Kier molecular flexibility index (Phi) is 5.12. The maximum Gasteiger partial charge on any atom is 0.174 e. The van der Waals surface area contributed by atoms with Gasteiger partial charge < -0.3 is 16.4 Å². The number of fused-ring (bicyclic) bond motifs is 2. The fraction of sp³-hybridized carbons (Fsp3) is 0.360. The molecule has 1 saturated heterocycles. The van der Waals surface area contributed by atoms with Gasteiger partial charge in [0.1, 0.15) is 11.5 Å². The minimum atomic E-state index is -0.569. The Labute approximate surface area is 192 Å². The molecule has 1 fully saturated rings. The molecule has 2 aliphatic heterocycles. The molecule has 33 heavy (non-hydrogen) atoms. The van der Waals surface area contributed by atoms with Crippen molar-refractivity contribution in [2.24, 2.45) is 16.1 Å². The molecule has 1 atom stereocenters. The number of nitrogens with zero attached hydrogens (tertiary/aromatic N) is 5. The zero-order valence-corrected chi connectivity index (χ0v) is 17.6. The third-order valence-corrected chi connectivity index (χ3v) is 7.29. The van der Waals surface area contributed by atoms with Crippen LogP contribution in [0, 0.1) is 11.2 Å². The number of anilines is 2. The molecular formula is C25H28FN7. The summed E-state index contributed by atoms with van der Waals surface area (Å²) in [6.45, 7) is 2.15. The van der Waals surface area contributed by atoms with Crippen LogP contribution < -0.4 is 16.4 Å². The molecule has 1 aromatic carbocycles. The zero-order chi connectivity index (χ0) is 21.9. The highest BCUT2D eigenvalue weighted by molar-refractivity contribution is 6.14. The van der Waals surface area contributed by atoms with Gasteiger partial charge in [-0.1, -0.05) is 31.7 Å². The van der Waals surface area contributed by atoms with Crippen molar-refractivity contribution in [2.45, 2.75) is 39.3 Å². The van der Waals surface area contributed by atoms with Crippen LogP contribution in [0.5, 0.6) is 0 Å². The van der Waals surface area contributed by atoms with E-state index in [1.54, 1.807) is 12.3 Å². The van der Waals surface area contributed by atoms with Crippen molar-refractivity contribution in [3.8, 4) is 0 Å². The molecular weight excluding hydrogens is 417 g/mol. The van der Waals surface area contributed by atoms with Crippen molar-refractivity contribution in [3.05, 3.63) is 76.6 Å². The van der Waals surface area contributed by atoms with Gasteiger partial charge in [-0.3, -0.25) is 4.99 Å². The molecule has 8 heteroatoms. The van der Waals surface area contributed by atoms with Gasteiger partial charge in [0.15, 0.2) is 11.6 Å². The summed E-state index contributed by atoms with van der Waals surface area (Å²) in [5, 5.41) is 0. The average Bonchev–Trinajstić information content (AvgIpc) is 3.35. The number of benzene rings is 1. The molecule has 1 aliphatic carbocycles. The second-order valence-corrected chi connectivity index (χ2v) is 8.95.